The van der Waals surface area contributed by atoms with Crippen LogP contribution in [0.3, 0.4) is 0 Å². The summed E-state index contributed by atoms with van der Waals surface area (Å²) in [6.45, 7) is 5.39. The minimum absolute atomic E-state index is 0.121. The summed E-state index contributed by atoms with van der Waals surface area (Å²) >= 11 is 0. The molecule has 0 heterocycles. The molecule has 2 nitrogen and oxygen atoms in total. The van der Waals surface area contributed by atoms with E-state index in [1.807, 2.05) is 18.2 Å². The number of anilines is 1. The zero-order chi connectivity index (χ0) is 13.4. The molecule has 1 amide bonds. The average Bonchev–Trinajstić information content (AvgIpc) is 2.78. The fourth-order valence-electron chi connectivity index (χ4n) is 2.50. The van der Waals surface area contributed by atoms with Crippen molar-refractivity contribution in [3.8, 4) is 11.1 Å². The first-order chi connectivity index (χ1) is 9.16. The Bertz CT molecular complexity index is 685. The van der Waals surface area contributed by atoms with Crippen molar-refractivity contribution in [1.29, 1.82) is 0 Å². The van der Waals surface area contributed by atoms with E-state index in [2.05, 4.69) is 36.2 Å². The molecule has 0 aliphatic heterocycles. The SMILES string of the molecule is C=C(C)C(=O)Nc1cccc2c1Cc1ccccc1-2. The van der Waals surface area contributed by atoms with Crippen LogP contribution in [-0.4, -0.2) is 5.91 Å². The zero-order valence-corrected chi connectivity index (χ0v) is 10.9. The Labute approximate surface area is 112 Å². The van der Waals surface area contributed by atoms with Gasteiger partial charge in [-0.1, -0.05) is 43.0 Å². The quantitative estimate of drug-likeness (QED) is 0.688. The molecule has 2 heteroatoms. The number of hydrogen-bond acceptors (Lipinski definition) is 1. The number of nitrogens with one attached hydrogen (secondary N) is 1. The molecule has 0 atom stereocenters. The molecular weight excluding hydrogens is 234 g/mol. The molecule has 19 heavy (non-hydrogen) atoms. The van der Waals surface area contributed by atoms with Gasteiger partial charge >= 0.3 is 0 Å². The molecule has 0 radical (unpaired) electrons. The second-order valence-corrected chi connectivity index (χ2v) is 4.90. The van der Waals surface area contributed by atoms with Crippen molar-refractivity contribution >= 4 is 11.6 Å². The van der Waals surface area contributed by atoms with Gasteiger partial charge in [0, 0.05) is 17.7 Å². The van der Waals surface area contributed by atoms with E-state index >= 15 is 0 Å². The van der Waals surface area contributed by atoms with E-state index in [1.54, 1.807) is 6.92 Å². The molecule has 0 unspecified atom stereocenters. The molecule has 2 aromatic carbocycles. The largest absolute Gasteiger partial charge is 0.322 e. The predicted molar refractivity (Wildman–Crippen MR) is 78.1 cm³/mol. The molecule has 0 fully saturated rings. The number of rotatable bonds is 2. The number of benzene rings is 2. The van der Waals surface area contributed by atoms with Crippen LogP contribution in [0, 0.1) is 0 Å². The zero-order valence-electron chi connectivity index (χ0n) is 10.9. The summed E-state index contributed by atoms with van der Waals surface area (Å²) in [6, 6.07) is 14.4. The van der Waals surface area contributed by atoms with Crippen LogP contribution in [0.15, 0.2) is 54.6 Å². The molecular formula is C17H15NO. The lowest BCUT2D eigenvalue weighted by Gasteiger charge is -2.10. The molecule has 1 N–H and O–H groups in total. The molecule has 94 valence electrons. The highest BCUT2D eigenvalue weighted by molar-refractivity contribution is 6.04. The standard InChI is InChI=1S/C17H15NO/c1-11(2)17(19)18-16-9-5-8-14-13-7-4-3-6-12(13)10-15(14)16/h3-9H,1,10H2,2H3,(H,18,19). The summed E-state index contributed by atoms with van der Waals surface area (Å²) in [5, 5.41) is 2.94. The van der Waals surface area contributed by atoms with Crippen molar-refractivity contribution in [2.24, 2.45) is 0 Å². The van der Waals surface area contributed by atoms with Gasteiger partial charge in [-0.15, -0.1) is 0 Å². The maximum Gasteiger partial charge on any atom is 0.250 e. The monoisotopic (exact) mass is 249 g/mol. The van der Waals surface area contributed by atoms with Gasteiger partial charge in [0.1, 0.15) is 0 Å². The molecule has 1 aliphatic rings. The third kappa shape index (κ3) is 1.95. The summed E-state index contributed by atoms with van der Waals surface area (Å²) < 4.78 is 0. The van der Waals surface area contributed by atoms with Crippen molar-refractivity contribution in [2.45, 2.75) is 13.3 Å². The smallest absolute Gasteiger partial charge is 0.250 e. The van der Waals surface area contributed by atoms with Gasteiger partial charge in [0.2, 0.25) is 0 Å². The van der Waals surface area contributed by atoms with E-state index in [-0.39, 0.29) is 5.91 Å². The summed E-state index contributed by atoms with van der Waals surface area (Å²) in [4.78, 5) is 11.8. The van der Waals surface area contributed by atoms with Crippen molar-refractivity contribution < 1.29 is 4.79 Å². The second-order valence-electron chi connectivity index (χ2n) is 4.90. The van der Waals surface area contributed by atoms with Crippen LogP contribution in [0.5, 0.6) is 0 Å². The van der Waals surface area contributed by atoms with Gasteiger partial charge in [-0.3, -0.25) is 4.79 Å². The summed E-state index contributed by atoms with van der Waals surface area (Å²) in [7, 11) is 0. The summed E-state index contributed by atoms with van der Waals surface area (Å²) in [6.07, 6.45) is 0.873. The van der Waals surface area contributed by atoms with Gasteiger partial charge in [-0.25, -0.2) is 0 Å². The minimum atomic E-state index is -0.121. The van der Waals surface area contributed by atoms with Gasteiger partial charge in [0.25, 0.3) is 5.91 Å². The maximum atomic E-state index is 11.8. The van der Waals surface area contributed by atoms with Crippen LogP contribution in [0.4, 0.5) is 5.69 Å². The topological polar surface area (TPSA) is 29.1 Å². The fraction of sp³-hybridized carbons (Fsp3) is 0.118. The first-order valence-electron chi connectivity index (χ1n) is 6.34. The number of hydrogen-bond donors (Lipinski definition) is 1. The highest BCUT2D eigenvalue weighted by atomic mass is 16.1. The van der Waals surface area contributed by atoms with Crippen LogP contribution in [0.25, 0.3) is 11.1 Å². The van der Waals surface area contributed by atoms with E-state index < -0.39 is 0 Å². The minimum Gasteiger partial charge on any atom is -0.322 e. The Hall–Kier alpha value is -2.35. The van der Waals surface area contributed by atoms with Gasteiger partial charge in [-0.2, -0.15) is 0 Å². The lowest BCUT2D eigenvalue weighted by molar-refractivity contribution is -0.112. The molecule has 0 aromatic heterocycles. The lowest BCUT2D eigenvalue weighted by Crippen LogP contribution is -2.13. The van der Waals surface area contributed by atoms with E-state index in [0.29, 0.717) is 5.57 Å². The Kier molecular flexibility index (Phi) is 2.71. The first-order valence-corrected chi connectivity index (χ1v) is 6.34. The Morgan fingerprint density at radius 3 is 2.63 bits per heavy atom. The summed E-state index contributed by atoms with van der Waals surface area (Å²) in [5.41, 5.74) is 6.40. The number of carbonyl (C=O) groups excluding carboxylic acids is 1. The van der Waals surface area contributed by atoms with Gasteiger partial charge in [0.05, 0.1) is 0 Å². The van der Waals surface area contributed by atoms with E-state index in [1.165, 1.54) is 22.3 Å². The molecule has 2 aromatic rings. The highest BCUT2D eigenvalue weighted by Gasteiger charge is 2.21. The average molecular weight is 249 g/mol. The Morgan fingerprint density at radius 2 is 1.84 bits per heavy atom. The van der Waals surface area contributed by atoms with Crippen LogP contribution >= 0.6 is 0 Å². The number of amides is 1. The van der Waals surface area contributed by atoms with Crippen molar-refractivity contribution in [3.63, 3.8) is 0 Å². The number of fused-ring (bicyclic) bond motifs is 3. The molecule has 3 rings (SSSR count). The van der Waals surface area contributed by atoms with Crippen LogP contribution < -0.4 is 5.32 Å². The molecule has 0 saturated carbocycles. The van der Waals surface area contributed by atoms with Gasteiger partial charge in [-0.05, 0) is 35.2 Å². The highest BCUT2D eigenvalue weighted by Crippen LogP contribution is 2.39. The second kappa shape index (κ2) is 4.39. The maximum absolute atomic E-state index is 11.8. The van der Waals surface area contributed by atoms with Crippen molar-refractivity contribution in [1.82, 2.24) is 0 Å². The normalized spacial score (nSPS) is 11.6. The van der Waals surface area contributed by atoms with Gasteiger partial charge in [0.15, 0.2) is 0 Å². The van der Waals surface area contributed by atoms with Crippen molar-refractivity contribution in [2.75, 3.05) is 5.32 Å². The van der Waals surface area contributed by atoms with Crippen LogP contribution in [-0.2, 0) is 11.2 Å². The lowest BCUT2D eigenvalue weighted by atomic mass is 10.0. The third-order valence-electron chi connectivity index (χ3n) is 3.49. The number of carbonyl (C=O) groups is 1. The van der Waals surface area contributed by atoms with E-state index in [4.69, 9.17) is 0 Å². The molecule has 1 aliphatic carbocycles. The summed E-state index contributed by atoms with van der Waals surface area (Å²) in [5.74, 6) is -0.121. The van der Waals surface area contributed by atoms with E-state index in [9.17, 15) is 4.79 Å². The van der Waals surface area contributed by atoms with Gasteiger partial charge < -0.3 is 5.32 Å². The molecule has 0 saturated heterocycles. The van der Waals surface area contributed by atoms with Crippen LogP contribution in [0.2, 0.25) is 0 Å². The fourth-order valence-corrected chi connectivity index (χ4v) is 2.50. The van der Waals surface area contributed by atoms with E-state index in [0.717, 1.165) is 12.1 Å². The van der Waals surface area contributed by atoms with Crippen LogP contribution in [0.1, 0.15) is 18.1 Å². The Balaban J connectivity index is 2.04. The molecule has 0 bridgehead atoms. The Morgan fingerprint density at radius 1 is 1.11 bits per heavy atom. The predicted octanol–water partition coefficient (Wildman–Crippen LogP) is 3.77. The molecule has 0 spiro atoms. The van der Waals surface area contributed by atoms with Crippen molar-refractivity contribution in [3.05, 3.63) is 65.7 Å². The third-order valence-corrected chi connectivity index (χ3v) is 3.49. The first kappa shape index (κ1) is 11.7.